The lowest BCUT2D eigenvalue weighted by atomic mass is 10.1. The molecule has 9 nitrogen and oxygen atoms in total. The first kappa shape index (κ1) is 21.2. The maximum absolute atomic E-state index is 11.2. The van der Waals surface area contributed by atoms with Gasteiger partial charge in [0, 0.05) is 37.5 Å². The van der Waals surface area contributed by atoms with Crippen LogP contribution >= 0.6 is 0 Å². The summed E-state index contributed by atoms with van der Waals surface area (Å²) in [6, 6.07) is 4.23. The predicted molar refractivity (Wildman–Crippen MR) is 93.5 cm³/mol. The number of hydrogen-bond donors (Lipinski definition) is 0. The average Bonchev–Trinajstić information content (AvgIpc) is 2.55. The van der Waals surface area contributed by atoms with Crippen LogP contribution in [0.4, 0.5) is 11.4 Å². The zero-order chi connectivity index (χ0) is 18.9. The summed E-state index contributed by atoms with van der Waals surface area (Å²) in [6.07, 6.45) is 0.946. The summed E-state index contributed by atoms with van der Waals surface area (Å²) < 4.78 is 17.2. The molecule has 0 N–H and O–H groups in total. The van der Waals surface area contributed by atoms with Crippen LogP contribution in [0.15, 0.2) is 18.2 Å². The molecule has 0 amide bonds. The SMILES string of the molecule is CCO[Si](CCCc1ccc([N+](=O)[O-])cc1[N+](=O)[O-])(OCC)OCC. The average molecular weight is 372 g/mol. The zero-order valence-electron chi connectivity index (χ0n) is 14.7. The summed E-state index contributed by atoms with van der Waals surface area (Å²) in [7, 11) is -2.80. The molecule has 0 bridgehead atoms. The highest BCUT2D eigenvalue weighted by Crippen LogP contribution is 2.27. The van der Waals surface area contributed by atoms with E-state index in [1.54, 1.807) is 0 Å². The van der Waals surface area contributed by atoms with Gasteiger partial charge in [0.25, 0.3) is 11.4 Å². The van der Waals surface area contributed by atoms with E-state index in [1.807, 2.05) is 20.8 Å². The molecule has 0 radical (unpaired) electrons. The molecular formula is C15H24N2O7Si. The summed E-state index contributed by atoms with van der Waals surface area (Å²) in [5.41, 5.74) is -0.0918. The molecule has 1 aromatic carbocycles. The molecule has 0 aliphatic carbocycles. The third kappa shape index (κ3) is 6.16. The van der Waals surface area contributed by atoms with E-state index in [2.05, 4.69) is 0 Å². The van der Waals surface area contributed by atoms with Crippen LogP contribution in [0.25, 0.3) is 0 Å². The number of hydrogen-bond acceptors (Lipinski definition) is 7. The van der Waals surface area contributed by atoms with Crippen molar-refractivity contribution in [3.8, 4) is 0 Å². The molecular weight excluding hydrogens is 348 g/mol. The molecule has 0 atom stereocenters. The van der Waals surface area contributed by atoms with Gasteiger partial charge in [0.05, 0.1) is 15.9 Å². The molecule has 0 fully saturated rings. The highest BCUT2D eigenvalue weighted by atomic mass is 28.4. The number of non-ortho nitro benzene ring substituents is 1. The van der Waals surface area contributed by atoms with Gasteiger partial charge in [0.2, 0.25) is 0 Å². The quantitative estimate of drug-likeness (QED) is 0.313. The fourth-order valence-electron chi connectivity index (χ4n) is 2.54. The van der Waals surface area contributed by atoms with Crippen molar-refractivity contribution in [2.45, 2.75) is 39.7 Å². The highest BCUT2D eigenvalue weighted by molar-refractivity contribution is 6.60. The maximum Gasteiger partial charge on any atom is 0.500 e. The minimum atomic E-state index is -2.80. The van der Waals surface area contributed by atoms with Crippen LogP contribution in [0.3, 0.4) is 0 Å². The Morgan fingerprint density at radius 1 is 0.960 bits per heavy atom. The third-order valence-electron chi connectivity index (χ3n) is 3.50. The Bertz CT molecular complexity index is 580. The van der Waals surface area contributed by atoms with Gasteiger partial charge in [0.1, 0.15) is 0 Å². The molecule has 0 aromatic heterocycles. The van der Waals surface area contributed by atoms with Crippen molar-refractivity contribution in [3.05, 3.63) is 44.0 Å². The van der Waals surface area contributed by atoms with Gasteiger partial charge in [-0.05, 0) is 39.7 Å². The van der Waals surface area contributed by atoms with Crippen LogP contribution in [0, 0.1) is 20.2 Å². The van der Waals surface area contributed by atoms with Crippen LogP contribution in [0.5, 0.6) is 0 Å². The molecule has 140 valence electrons. The molecule has 0 spiro atoms. The summed E-state index contributed by atoms with van der Waals surface area (Å²) in [5.74, 6) is 0. The molecule has 25 heavy (non-hydrogen) atoms. The van der Waals surface area contributed by atoms with Crippen LogP contribution in [-0.2, 0) is 19.7 Å². The van der Waals surface area contributed by atoms with Crippen molar-refractivity contribution in [3.63, 3.8) is 0 Å². The first-order valence-corrected chi connectivity index (χ1v) is 10.2. The topological polar surface area (TPSA) is 114 Å². The highest BCUT2D eigenvalue weighted by Gasteiger charge is 2.39. The second-order valence-corrected chi connectivity index (χ2v) is 7.89. The lowest BCUT2D eigenvalue weighted by Gasteiger charge is -2.28. The third-order valence-corrected chi connectivity index (χ3v) is 6.65. The van der Waals surface area contributed by atoms with Crippen molar-refractivity contribution < 1.29 is 23.1 Å². The molecule has 1 rings (SSSR count). The Morgan fingerprint density at radius 2 is 1.52 bits per heavy atom. The molecule has 0 aliphatic rings. The number of nitro benzene ring substituents is 2. The van der Waals surface area contributed by atoms with E-state index >= 15 is 0 Å². The largest absolute Gasteiger partial charge is 0.500 e. The number of nitro groups is 2. The minimum absolute atomic E-state index is 0.245. The van der Waals surface area contributed by atoms with E-state index in [4.69, 9.17) is 13.3 Å². The number of rotatable bonds is 12. The van der Waals surface area contributed by atoms with E-state index < -0.39 is 18.7 Å². The minimum Gasteiger partial charge on any atom is -0.374 e. The summed E-state index contributed by atoms with van der Waals surface area (Å²) in [5, 5.41) is 22.0. The predicted octanol–water partition coefficient (Wildman–Crippen LogP) is 3.48. The van der Waals surface area contributed by atoms with E-state index in [0.717, 1.165) is 6.07 Å². The lowest BCUT2D eigenvalue weighted by Crippen LogP contribution is -2.46. The van der Waals surface area contributed by atoms with E-state index in [1.165, 1.54) is 12.1 Å². The van der Waals surface area contributed by atoms with Crippen LogP contribution in [-0.4, -0.2) is 38.5 Å². The van der Waals surface area contributed by atoms with Crippen LogP contribution < -0.4 is 0 Å². The van der Waals surface area contributed by atoms with Gasteiger partial charge in [-0.3, -0.25) is 20.2 Å². The van der Waals surface area contributed by atoms with Crippen molar-refractivity contribution in [1.29, 1.82) is 0 Å². The van der Waals surface area contributed by atoms with E-state index in [9.17, 15) is 20.2 Å². The van der Waals surface area contributed by atoms with Gasteiger partial charge in [-0.25, -0.2) is 0 Å². The van der Waals surface area contributed by atoms with Gasteiger partial charge >= 0.3 is 8.80 Å². The van der Waals surface area contributed by atoms with E-state index in [0.29, 0.717) is 44.3 Å². The Hall–Kier alpha value is -1.88. The molecule has 0 aliphatic heterocycles. The standard InChI is InChI=1S/C15H24N2O7Si/c1-4-22-25(23-5-2,24-6-3)11-7-8-13-9-10-14(16(18)19)12-15(13)17(20)21/h9-10,12H,4-8,11H2,1-3H3. The number of nitrogens with zero attached hydrogens (tertiary/aromatic N) is 2. The smallest absolute Gasteiger partial charge is 0.374 e. The van der Waals surface area contributed by atoms with Crippen molar-refractivity contribution in [2.24, 2.45) is 0 Å². The summed E-state index contributed by atoms with van der Waals surface area (Å²) in [6.45, 7) is 6.97. The van der Waals surface area contributed by atoms with Crippen molar-refractivity contribution in [2.75, 3.05) is 19.8 Å². The van der Waals surface area contributed by atoms with E-state index in [-0.39, 0.29) is 11.4 Å². The second kappa shape index (κ2) is 10.2. The molecule has 0 unspecified atom stereocenters. The van der Waals surface area contributed by atoms with Crippen molar-refractivity contribution >= 4 is 20.2 Å². The summed E-state index contributed by atoms with van der Waals surface area (Å²) in [4.78, 5) is 20.7. The fourth-order valence-corrected chi connectivity index (χ4v) is 5.16. The Morgan fingerprint density at radius 3 is 1.96 bits per heavy atom. The maximum atomic E-state index is 11.2. The van der Waals surface area contributed by atoms with Gasteiger partial charge in [0.15, 0.2) is 0 Å². The normalized spacial score (nSPS) is 11.5. The van der Waals surface area contributed by atoms with Gasteiger partial charge < -0.3 is 13.3 Å². The molecule has 1 aromatic rings. The first-order valence-electron chi connectivity index (χ1n) is 8.22. The van der Waals surface area contributed by atoms with Gasteiger partial charge in [-0.15, -0.1) is 0 Å². The first-order chi connectivity index (χ1) is 11.9. The fraction of sp³-hybridized carbons (Fsp3) is 0.600. The number of benzene rings is 1. The molecule has 0 heterocycles. The lowest BCUT2D eigenvalue weighted by molar-refractivity contribution is -0.394. The second-order valence-electron chi connectivity index (χ2n) is 5.16. The van der Waals surface area contributed by atoms with Crippen molar-refractivity contribution in [1.82, 2.24) is 0 Å². The monoisotopic (exact) mass is 372 g/mol. The van der Waals surface area contributed by atoms with Gasteiger partial charge in [-0.1, -0.05) is 0 Å². The molecule has 10 heteroatoms. The van der Waals surface area contributed by atoms with Gasteiger partial charge in [-0.2, -0.15) is 0 Å². The Labute approximate surface area is 147 Å². The Kier molecular flexibility index (Phi) is 8.62. The zero-order valence-corrected chi connectivity index (χ0v) is 15.7. The molecule has 0 saturated heterocycles. The van der Waals surface area contributed by atoms with Crippen LogP contribution in [0.1, 0.15) is 32.8 Å². The summed E-state index contributed by atoms with van der Waals surface area (Å²) >= 11 is 0. The van der Waals surface area contributed by atoms with Crippen LogP contribution in [0.2, 0.25) is 6.04 Å². The number of aryl methyl sites for hydroxylation is 1. The Balaban J connectivity index is 2.88. The molecule has 0 saturated carbocycles.